The molecule has 0 aromatic carbocycles. The highest BCUT2D eigenvalue weighted by molar-refractivity contribution is 5.39. The summed E-state index contributed by atoms with van der Waals surface area (Å²) in [6.07, 6.45) is 0. The first-order chi connectivity index (χ1) is 7.63. The van der Waals surface area contributed by atoms with Crippen LogP contribution in [0.3, 0.4) is 0 Å². The summed E-state index contributed by atoms with van der Waals surface area (Å²) in [6, 6.07) is 5.18. The van der Waals surface area contributed by atoms with Gasteiger partial charge < -0.3 is 10.8 Å². The molecule has 0 radical (unpaired) electrons. The smallest absolute Gasteiger partial charge is 0.156 e. The van der Waals surface area contributed by atoms with Crippen LogP contribution in [0.2, 0.25) is 0 Å². The number of rotatable bonds is 3. The fourth-order valence-electron chi connectivity index (χ4n) is 1.56. The van der Waals surface area contributed by atoms with Gasteiger partial charge in [0.25, 0.3) is 0 Å². The number of aromatic nitrogens is 3. The molecule has 5 nitrogen and oxygen atoms in total. The second kappa shape index (κ2) is 4.19. The Hall–Kier alpha value is -1.46. The van der Waals surface area contributed by atoms with Crippen molar-refractivity contribution in [2.75, 3.05) is 6.61 Å². The number of pyridine rings is 1. The van der Waals surface area contributed by atoms with Crippen molar-refractivity contribution in [3.05, 3.63) is 29.7 Å². The number of aliphatic hydroxyl groups is 1. The van der Waals surface area contributed by atoms with Crippen LogP contribution in [0, 0.1) is 0 Å². The van der Waals surface area contributed by atoms with E-state index in [9.17, 15) is 0 Å². The lowest BCUT2D eigenvalue weighted by Gasteiger charge is -2.09. The Balaban J connectivity index is 2.58. The van der Waals surface area contributed by atoms with Crippen molar-refractivity contribution in [3.63, 3.8) is 0 Å². The van der Waals surface area contributed by atoms with E-state index < -0.39 is 6.04 Å². The Kier molecular flexibility index (Phi) is 2.89. The zero-order valence-electron chi connectivity index (χ0n) is 9.46. The van der Waals surface area contributed by atoms with E-state index in [-0.39, 0.29) is 12.5 Å². The maximum absolute atomic E-state index is 9.08. The van der Waals surface area contributed by atoms with Crippen molar-refractivity contribution < 1.29 is 5.11 Å². The highest BCUT2D eigenvalue weighted by Crippen LogP contribution is 2.15. The molecule has 2 aromatic heterocycles. The van der Waals surface area contributed by atoms with Crippen LogP contribution in [-0.2, 0) is 0 Å². The Morgan fingerprint density at radius 2 is 2.19 bits per heavy atom. The second-order valence-corrected chi connectivity index (χ2v) is 4.13. The largest absolute Gasteiger partial charge is 0.394 e. The topological polar surface area (TPSA) is 76.4 Å². The molecule has 3 N–H and O–H groups in total. The fourth-order valence-corrected chi connectivity index (χ4v) is 1.56. The normalized spacial score (nSPS) is 13.6. The molecule has 5 heteroatoms. The van der Waals surface area contributed by atoms with Crippen LogP contribution >= 0.6 is 0 Å². The second-order valence-electron chi connectivity index (χ2n) is 4.13. The summed E-state index contributed by atoms with van der Waals surface area (Å²) >= 11 is 0. The molecule has 0 aliphatic carbocycles. The van der Waals surface area contributed by atoms with E-state index in [1.165, 1.54) is 0 Å². The summed E-state index contributed by atoms with van der Waals surface area (Å²) in [5.74, 6) is 1.07. The zero-order valence-corrected chi connectivity index (χ0v) is 9.46. The van der Waals surface area contributed by atoms with Crippen molar-refractivity contribution in [1.29, 1.82) is 0 Å². The van der Waals surface area contributed by atoms with Crippen LogP contribution in [0.15, 0.2) is 18.2 Å². The van der Waals surface area contributed by atoms with E-state index in [0.29, 0.717) is 0 Å². The first-order valence-electron chi connectivity index (χ1n) is 5.35. The van der Waals surface area contributed by atoms with Crippen molar-refractivity contribution in [3.8, 4) is 0 Å². The van der Waals surface area contributed by atoms with Gasteiger partial charge in [-0.3, -0.25) is 0 Å². The number of nitrogens with two attached hydrogens (primary N) is 1. The van der Waals surface area contributed by atoms with Crippen molar-refractivity contribution in [2.45, 2.75) is 25.8 Å². The van der Waals surface area contributed by atoms with E-state index >= 15 is 0 Å². The van der Waals surface area contributed by atoms with Gasteiger partial charge in [0.1, 0.15) is 0 Å². The molecule has 0 fully saturated rings. The van der Waals surface area contributed by atoms with Crippen LogP contribution in [0.25, 0.3) is 5.65 Å². The van der Waals surface area contributed by atoms with Gasteiger partial charge in [-0.1, -0.05) is 19.9 Å². The maximum atomic E-state index is 9.08. The van der Waals surface area contributed by atoms with Crippen LogP contribution < -0.4 is 5.73 Å². The maximum Gasteiger partial charge on any atom is 0.156 e. The molecule has 1 atom stereocenters. The summed E-state index contributed by atoms with van der Waals surface area (Å²) < 4.78 is 1.70. The predicted octanol–water partition coefficient (Wildman–Crippen LogP) is 0.845. The van der Waals surface area contributed by atoms with E-state index in [2.05, 4.69) is 10.1 Å². The van der Waals surface area contributed by atoms with Gasteiger partial charge in [-0.25, -0.2) is 9.50 Å². The quantitative estimate of drug-likeness (QED) is 0.803. The summed E-state index contributed by atoms with van der Waals surface area (Å²) in [6.45, 7) is 3.98. The molecule has 86 valence electrons. The minimum Gasteiger partial charge on any atom is -0.394 e. The first kappa shape index (κ1) is 11.0. The number of aliphatic hydroxyl groups excluding tert-OH is 1. The van der Waals surface area contributed by atoms with E-state index in [1.54, 1.807) is 4.52 Å². The Labute approximate surface area is 93.9 Å². The van der Waals surface area contributed by atoms with Gasteiger partial charge in [0.05, 0.1) is 18.3 Å². The van der Waals surface area contributed by atoms with Crippen LogP contribution in [0.4, 0.5) is 0 Å². The Morgan fingerprint density at radius 1 is 1.44 bits per heavy atom. The molecule has 0 saturated heterocycles. The van der Waals surface area contributed by atoms with Gasteiger partial charge in [0.2, 0.25) is 0 Å². The number of fused-ring (bicyclic) bond motifs is 1. The summed E-state index contributed by atoms with van der Waals surface area (Å²) in [4.78, 5) is 4.40. The number of hydrogen-bond donors (Lipinski definition) is 2. The Morgan fingerprint density at radius 3 is 2.81 bits per heavy atom. The predicted molar refractivity (Wildman–Crippen MR) is 61.1 cm³/mol. The molecule has 16 heavy (non-hydrogen) atoms. The molecule has 0 amide bonds. The lowest BCUT2D eigenvalue weighted by molar-refractivity contribution is 0.264. The summed E-state index contributed by atoms with van der Waals surface area (Å²) in [5.41, 5.74) is 7.35. The molecule has 2 aromatic rings. The van der Waals surface area contributed by atoms with Crippen LogP contribution in [0.5, 0.6) is 0 Å². The standard InChI is InChI=1S/C11H16N4O/c1-7(2)11-13-10-5-3-4-9(8(12)6-16)15(10)14-11/h3-5,7-8,16H,6,12H2,1-2H3. The molecule has 2 heterocycles. The van der Waals surface area contributed by atoms with Crippen molar-refractivity contribution in [1.82, 2.24) is 14.6 Å². The third-order valence-corrected chi connectivity index (χ3v) is 2.50. The van der Waals surface area contributed by atoms with Gasteiger partial charge >= 0.3 is 0 Å². The van der Waals surface area contributed by atoms with Crippen LogP contribution in [-0.4, -0.2) is 26.3 Å². The molecule has 0 aliphatic rings. The third kappa shape index (κ3) is 1.79. The zero-order chi connectivity index (χ0) is 11.7. The van der Waals surface area contributed by atoms with E-state index in [4.69, 9.17) is 10.8 Å². The fraction of sp³-hybridized carbons (Fsp3) is 0.455. The van der Waals surface area contributed by atoms with E-state index in [0.717, 1.165) is 17.2 Å². The monoisotopic (exact) mass is 220 g/mol. The van der Waals surface area contributed by atoms with Gasteiger partial charge in [-0.2, -0.15) is 5.10 Å². The Bertz CT molecular complexity index is 492. The van der Waals surface area contributed by atoms with Crippen molar-refractivity contribution >= 4 is 5.65 Å². The molecule has 0 bridgehead atoms. The van der Waals surface area contributed by atoms with Gasteiger partial charge in [-0.05, 0) is 12.1 Å². The minimum atomic E-state index is -0.426. The highest BCUT2D eigenvalue weighted by atomic mass is 16.3. The van der Waals surface area contributed by atoms with Gasteiger partial charge in [0, 0.05) is 5.92 Å². The lowest BCUT2D eigenvalue weighted by atomic mass is 10.2. The third-order valence-electron chi connectivity index (χ3n) is 2.50. The highest BCUT2D eigenvalue weighted by Gasteiger charge is 2.13. The molecule has 1 unspecified atom stereocenters. The average Bonchev–Trinajstić information content (AvgIpc) is 2.71. The van der Waals surface area contributed by atoms with Crippen molar-refractivity contribution in [2.24, 2.45) is 5.73 Å². The molecule has 2 rings (SSSR count). The molecule has 0 spiro atoms. The van der Waals surface area contributed by atoms with Gasteiger partial charge in [-0.15, -0.1) is 0 Å². The molecular formula is C11H16N4O. The van der Waals surface area contributed by atoms with Gasteiger partial charge in [0.15, 0.2) is 11.5 Å². The van der Waals surface area contributed by atoms with E-state index in [1.807, 2.05) is 32.0 Å². The number of nitrogens with zero attached hydrogens (tertiary/aromatic N) is 3. The SMILES string of the molecule is CC(C)c1nc2cccc(C(N)CO)n2n1. The summed E-state index contributed by atoms with van der Waals surface area (Å²) in [7, 11) is 0. The molecule has 0 aliphatic heterocycles. The lowest BCUT2D eigenvalue weighted by Crippen LogP contribution is -2.18. The first-order valence-corrected chi connectivity index (χ1v) is 5.35. The van der Waals surface area contributed by atoms with Crippen LogP contribution in [0.1, 0.15) is 37.3 Å². The average molecular weight is 220 g/mol. The summed E-state index contributed by atoms with van der Waals surface area (Å²) in [5, 5.41) is 13.5. The molecular weight excluding hydrogens is 204 g/mol. The minimum absolute atomic E-state index is 0.101. The molecule has 0 saturated carbocycles. The number of hydrogen-bond acceptors (Lipinski definition) is 4.